The van der Waals surface area contributed by atoms with E-state index in [4.69, 9.17) is 0 Å². The Bertz CT molecular complexity index is 554. The van der Waals surface area contributed by atoms with Crippen LogP contribution in [0.2, 0.25) is 0 Å². The van der Waals surface area contributed by atoms with Crippen molar-refractivity contribution in [3.05, 3.63) is 47.7 Å². The number of allylic oxidation sites excluding steroid dienone is 2. The Morgan fingerprint density at radius 1 is 1.09 bits per heavy atom. The van der Waals surface area contributed by atoms with Crippen LogP contribution in [0.15, 0.2) is 42.1 Å². The van der Waals surface area contributed by atoms with Gasteiger partial charge in [0, 0.05) is 23.8 Å². The third-order valence-corrected chi connectivity index (χ3v) is 4.81. The van der Waals surface area contributed by atoms with Gasteiger partial charge in [-0.3, -0.25) is 4.79 Å². The van der Waals surface area contributed by atoms with Crippen molar-refractivity contribution in [1.29, 1.82) is 0 Å². The van der Waals surface area contributed by atoms with Gasteiger partial charge in [-0.1, -0.05) is 44.2 Å². The molecule has 1 aromatic rings. The number of rotatable bonds is 3. The highest BCUT2D eigenvalue weighted by atomic mass is 16.1. The van der Waals surface area contributed by atoms with Crippen LogP contribution in [0.4, 0.5) is 0 Å². The summed E-state index contributed by atoms with van der Waals surface area (Å²) >= 11 is 0. The third kappa shape index (κ3) is 3.77. The van der Waals surface area contributed by atoms with Crippen molar-refractivity contribution in [2.24, 2.45) is 5.41 Å². The van der Waals surface area contributed by atoms with E-state index in [0.717, 1.165) is 39.1 Å². The Hall–Kier alpha value is -1.61. The molecule has 0 unspecified atom stereocenters. The Balaban J connectivity index is 1.57. The Morgan fingerprint density at radius 2 is 1.77 bits per heavy atom. The van der Waals surface area contributed by atoms with E-state index in [2.05, 4.69) is 49.1 Å². The maximum Gasteiger partial charge on any atom is 0.157 e. The Kier molecular flexibility index (Phi) is 4.34. The van der Waals surface area contributed by atoms with Crippen LogP contribution in [0, 0.1) is 5.41 Å². The zero-order valence-corrected chi connectivity index (χ0v) is 13.8. The molecule has 1 fully saturated rings. The molecule has 1 saturated heterocycles. The van der Waals surface area contributed by atoms with E-state index in [0.29, 0.717) is 12.2 Å². The predicted octanol–water partition coefficient (Wildman–Crippen LogP) is 1.66. The third-order valence-electron chi connectivity index (χ3n) is 4.81. The fraction of sp³-hybridized carbons (Fsp3) is 0.526. The Labute approximate surface area is 133 Å². The molecule has 1 heterocycles. The number of carbonyl (C=O) groups excluding carboxylic acids is 1. The first kappa shape index (κ1) is 15.3. The van der Waals surface area contributed by atoms with Gasteiger partial charge in [-0.25, -0.2) is 0 Å². The number of benzene rings is 1. The van der Waals surface area contributed by atoms with Crippen LogP contribution in [0.25, 0.3) is 0 Å². The second-order valence-corrected chi connectivity index (χ2v) is 7.52. The molecule has 1 aliphatic heterocycles. The average Bonchev–Trinajstić information content (AvgIpc) is 2.47. The minimum atomic E-state index is 0.120. The minimum absolute atomic E-state index is 0.120. The van der Waals surface area contributed by atoms with Gasteiger partial charge < -0.3 is 9.80 Å². The quantitative estimate of drug-likeness (QED) is 0.918. The summed E-state index contributed by atoms with van der Waals surface area (Å²) in [5, 5.41) is 0. The van der Waals surface area contributed by atoms with Crippen molar-refractivity contribution in [2.75, 3.05) is 26.2 Å². The van der Waals surface area contributed by atoms with Gasteiger partial charge in [0.1, 0.15) is 6.54 Å². The second kappa shape index (κ2) is 6.25. The first-order chi connectivity index (χ1) is 10.5. The lowest BCUT2D eigenvalue weighted by Gasteiger charge is -2.39. The molecule has 0 aromatic heterocycles. The molecule has 22 heavy (non-hydrogen) atoms. The fourth-order valence-electron chi connectivity index (χ4n) is 3.69. The molecule has 0 atom stereocenters. The number of nitrogens with zero attached hydrogens (tertiary/aromatic N) is 1. The largest absolute Gasteiger partial charge is 0.363 e. The molecule has 0 spiro atoms. The van der Waals surface area contributed by atoms with E-state index in [1.54, 1.807) is 4.90 Å². The summed E-state index contributed by atoms with van der Waals surface area (Å²) in [5.41, 5.74) is 2.80. The van der Waals surface area contributed by atoms with Gasteiger partial charge in [0.2, 0.25) is 0 Å². The van der Waals surface area contributed by atoms with Crippen LogP contribution < -0.4 is 4.90 Å². The van der Waals surface area contributed by atoms with Crippen molar-refractivity contribution >= 4 is 5.78 Å². The van der Waals surface area contributed by atoms with Crippen LogP contribution in [-0.2, 0) is 11.3 Å². The number of hydrogen-bond acceptors (Lipinski definition) is 2. The topological polar surface area (TPSA) is 24.8 Å². The molecule has 1 N–H and O–H groups in total. The predicted molar refractivity (Wildman–Crippen MR) is 88.5 cm³/mol. The summed E-state index contributed by atoms with van der Waals surface area (Å²) in [5.74, 6) is 0.297. The van der Waals surface area contributed by atoms with Gasteiger partial charge in [0.25, 0.3) is 0 Å². The molecule has 1 aromatic carbocycles. The lowest BCUT2D eigenvalue weighted by molar-refractivity contribution is -0.917. The van der Waals surface area contributed by atoms with Crippen molar-refractivity contribution < 1.29 is 9.69 Å². The standard InChI is InChI=1S/C19H26N2O/c1-19(2)13-17(12-18(22)14-19)21-10-8-20(9-11-21)15-16-6-4-3-5-7-16/h3-7,12H,8-11,13-15H2,1-2H3/p+1. The molecule has 1 aliphatic carbocycles. The van der Waals surface area contributed by atoms with Gasteiger partial charge in [0.05, 0.1) is 26.2 Å². The zero-order chi connectivity index (χ0) is 15.6. The zero-order valence-electron chi connectivity index (χ0n) is 13.8. The molecule has 118 valence electrons. The van der Waals surface area contributed by atoms with Crippen molar-refractivity contribution in [3.63, 3.8) is 0 Å². The Morgan fingerprint density at radius 3 is 2.41 bits per heavy atom. The SMILES string of the molecule is CC1(C)CC(=O)C=C(N2CC[NH+](Cc3ccccc3)CC2)C1. The molecular weight excluding hydrogens is 272 g/mol. The summed E-state index contributed by atoms with van der Waals surface area (Å²) in [4.78, 5) is 16.0. The molecule has 3 nitrogen and oxygen atoms in total. The van der Waals surface area contributed by atoms with E-state index < -0.39 is 0 Å². The average molecular weight is 299 g/mol. The van der Waals surface area contributed by atoms with E-state index >= 15 is 0 Å². The first-order valence-electron chi connectivity index (χ1n) is 8.38. The summed E-state index contributed by atoms with van der Waals surface area (Å²) in [6.07, 6.45) is 3.62. The van der Waals surface area contributed by atoms with E-state index in [1.165, 1.54) is 11.3 Å². The molecular formula is C19H27N2O+. The fourth-order valence-corrected chi connectivity index (χ4v) is 3.69. The number of nitrogens with one attached hydrogen (secondary N) is 1. The molecule has 3 heteroatoms. The maximum absolute atomic E-state index is 11.9. The maximum atomic E-state index is 11.9. The summed E-state index contributed by atoms with van der Waals surface area (Å²) in [6, 6.07) is 10.7. The highest BCUT2D eigenvalue weighted by Crippen LogP contribution is 2.34. The molecule has 2 aliphatic rings. The lowest BCUT2D eigenvalue weighted by atomic mass is 9.78. The van der Waals surface area contributed by atoms with Crippen LogP contribution >= 0.6 is 0 Å². The lowest BCUT2D eigenvalue weighted by Crippen LogP contribution is -3.13. The smallest absolute Gasteiger partial charge is 0.157 e. The van der Waals surface area contributed by atoms with E-state index in [-0.39, 0.29) is 5.41 Å². The van der Waals surface area contributed by atoms with Crippen LogP contribution in [0.5, 0.6) is 0 Å². The molecule has 0 radical (unpaired) electrons. The van der Waals surface area contributed by atoms with Crippen molar-refractivity contribution in [1.82, 2.24) is 4.90 Å². The molecule has 0 bridgehead atoms. The van der Waals surface area contributed by atoms with Crippen LogP contribution in [0.3, 0.4) is 0 Å². The number of hydrogen-bond donors (Lipinski definition) is 1. The highest BCUT2D eigenvalue weighted by molar-refractivity contribution is 5.91. The van der Waals surface area contributed by atoms with Gasteiger partial charge in [-0.15, -0.1) is 0 Å². The normalized spacial score (nSPS) is 22.5. The van der Waals surface area contributed by atoms with E-state index in [1.807, 2.05) is 6.08 Å². The van der Waals surface area contributed by atoms with Gasteiger partial charge >= 0.3 is 0 Å². The van der Waals surface area contributed by atoms with Gasteiger partial charge in [-0.05, 0) is 11.8 Å². The first-order valence-corrected chi connectivity index (χ1v) is 8.38. The van der Waals surface area contributed by atoms with Crippen molar-refractivity contribution in [2.45, 2.75) is 33.2 Å². The number of piperazine rings is 1. The highest BCUT2D eigenvalue weighted by Gasteiger charge is 2.31. The monoisotopic (exact) mass is 299 g/mol. The summed E-state index contributed by atoms with van der Waals surface area (Å²) in [7, 11) is 0. The minimum Gasteiger partial charge on any atom is -0.363 e. The molecule has 0 saturated carbocycles. The van der Waals surface area contributed by atoms with Gasteiger partial charge in [-0.2, -0.15) is 0 Å². The molecule has 0 amide bonds. The van der Waals surface area contributed by atoms with Gasteiger partial charge in [0.15, 0.2) is 5.78 Å². The van der Waals surface area contributed by atoms with E-state index in [9.17, 15) is 4.79 Å². The second-order valence-electron chi connectivity index (χ2n) is 7.52. The van der Waals surface area contributed by atoms with Crippen molar-refractivity contribution in [3.8, 4) is 0 Å². The summed E-state index contributed by atoms with van der Waals surface area (Å²) in [6.45, 7) is 9.96. The summed E-state index contributed by atoms with van der Waals surface area (Å²) < 4.78 is 0. The van der Waals surface area contributed by atoms with Crippen LogP contribution in [-0.4, -0.2) is 36.9 Å². The van der Waals surface area contributed by atoms with Crippen LogP contribution in [0.1, 0.15) is 32.3 Å². The molecule has 3 rings (SSSR count). The number of ketones is 1. The number of carbonyl (C=O) groups is 1. The number of quaternary nitrogens is 1.